The molecule has 0 aromatic heterocycles. The number of hydrogen-bond donors (Lipinski definition) is 2. The van der Waals surface area contributed by atoms with Gasteiger partial charge in [-0.15, -0.1) is 0 Å². The van der Waals surface area contributed by atoms with Crippen molar-refractivity contribution in [3.05, 3.63) is 57.6 Å². The Bertz CT molecular complexity index is 833. The third kappa shape index (κ3) is 5.98. The molecule has 0 saturated carbocycles. The zero-order valence-electron chi connectivity index (χ0n) is 17.6. The standard InChI is InChI=1S/C23H30N2O4/c1-5-16-7-14(3)22(28-12-20(24)26)18(9-16)11-19-10-17(6-2)8-15(4)23(19)29-13-21(25)27/h7-10H,5-6,11-13H2,1-4H3,(H2,24,26)(H2,25,27). The SMILES string of the molecule is CCc1cc(C)c(OCC(N)=O)c(Cc2cc(CC)cc(C)c2OCC(N)=O)c1. The Labute approximate surface area is 172 Å². The quantitative estimate of drug-likeness (QED) is 0.642. The van der Waals surface area contributed by atoms with Crippen molar-refractivity contribution in [2.24, 2.45) is 11.5 Å². The van der Waals surface area contributed by atoms with Gasteiger partial charge in [-0.3, -0.25) is 9.59 Å². The lowest BCUT2D eigenvalue weighted by Gasteiger charge is -2.19. The van der Waals surface area contributed by atoms with Crippen LogP contribution in [0.25, 0.3) is 0 Å². The van der Waals surface area contributed by atoms with Gasteiger partial charge >= 0.3 is 0 Å². The van der Waals surface area contributed by atoms with Crippen LogP contribution >= 0.6 is 0 Å². The molecule has 0 aliphatic carbocycles. The van der Waals surface area contributed by atoms with Gasteiger partial charge in [-0.05, 0) is 60.1 Å². The Morgan fingerprint density at radius 3 is 1.45 bits per heavy atom. The number of hydrogen-bond acceptors (Lipinski definition) is 4. The molecule has 2 amide bonds. The highest BCUT2D eigenvalue weighted by Gasteiger charge is 2.16. The first kappa shape index (κ1) is 22.3. The minimum absolute atomic E-state index is 0.182. The number of aryl methyl sites for hydroxylation is 4. The topological polar surface area (TPSA) is 105 Å². The van der Waals surface area contributed by atoms with Crippen LogP contribution in [0.1, 0.15) is 47.2 Å². The molecule has 0 aliphatic heterocycles. The van der Waals surface area contributed by atoms with Crippen molar-refractivity contribution >= 4 is 11.8 Å². The summed E-state index contributed by atoms with van der Waals surface area (Å²) in [4.78, 5) is 22.5. The van der Waals surface area contributed by atoms with E-state index in [9.17, 15) is 9.59 Å². The zero-order chi connectivity index (χ0) is 21.6. The molecule has 4 N–H and O–H groups in total. The van der Waals surface area contributed by atoms with Gasteiger partial charge in [0.1, 0.15) is 11.5 Å². The molecule has 2 aromatic rings. The molecule has 0 fully saturated rings. The smallest absolute Gasteiger partial charge is 0.255 e. The highest BCUT2D eigenvalue weighted by Crippen LogP contribution is 2.33. The molecule has 6 nitrogen and oxygen atoms in total. The summed E-state index contributed by atoms with van der Waals surface area (Å²) in [6, 6.07) is 8.26. The van der Waals surface area contributed by atoms with Gasteiger partial charge in [0, 0.05) is 6.42 Å². The number of amides is 2. The molecular formula is C23H30N2O4. The van der Waals surface area contributed by atoms with Crippen molar-refractivity contribution in [2.45, 2.75) is 47.0 Å². The average molecular weight is 399 g/mol. The average Bonchev–Trinajstić information content (AvgIpc) is 2.65. The second-order valence-corrected chi connectivity index (χ2v) is 7.20. The first-order chi connectivity index (χ1) is 13.7. The third-order valence-corrected chi connectivity index (χ3v) is 4.74. The summed E-state index contributed by atoms with van der Waals surface area (Å²) in [6.07, 6.45) is 2.29. The Kier molecular flexibility index (Phi) is 7.65. The van der Waals surface area contributed by atoms with Crippen LogP contribution in [-0.2, 0) is 28.9 Å². The van der Waals surface area contributed by atoms with E-state index in [2.05, 4.69) is 38.1 Å². The maximum Gasteiger partial charge on any atom is 0.255 e. The molecule has 2 aromatic carbocycles. The maximum absolute atomic E-state index is 11.2. The Balaban J connectivity index is 2.53. The first-order valence-electron chi connectivity index (χ1n) is 9.82. The molecule has 2 rings (SSSR count). The number of nitrogens with two attached hydrogens (primary N) is 2. The monoisotopic (exact) mass is 398 g/mol. The highest BCUT2D eigenvalue weighted by atomic mass is 16.5. The van der Waals surface area contributed by atoms with E-state index in [1.54, 1.807) is 0 Å². The molecular weight excluding hydrogens is 368 g/mol. The molecule has 0 radical (unpaired) electrons. The van der Waals surface area contributed by atoms with Gasteiger partial charge in [0.25, 0.3) is 11.8 Å². The third-order valence-electron chi connectivity index (χ3n) is 4.74. The first-order valence-corrected chi connectivity index (χ1v) is 9.82. The fourth-order valence-electron chi connectivity index (χ4n) is 3.43. The zero-order valence-corrected chi connectivity index (χ0v) is 17.6. The van der Waals surface area contributed by atoms with E-state index in [1.807, 2.05) is 13.8 Å². The number of carbonyl (C=O) groups is 2. The molecule has 0 unspecified atom stereocenters. The van der Waals surface area contributed by atoms with Gasteiger partial charge in [-0.25, -0.2) is 0 Å². The summed E-state index contributed by atoms with van der Waals surface area (Å²) < 4.78 is 11.5. The van der Waals surface area contributed by atoms with Crippen LogP contribution in [0, 0.1) is 13.8 Å². The van der Waals surface area contributed by atoms with Crippen molar-refractivity contribution in [3.63, 3.8) is 0 Å². The molecule has 0 bridgehead atoms. The lowest BCUT2D eigenvalue weighted by molar-refractivity contribution is -0.120. The molecule has 0 aliphatic rings. The van der Waals surface area contributed by atoms with E-state index in [4.69, 9.17) is 20.9 Å². The summed E-state index contributed by atoms with van der Waals surface area (Å²) in [6.45, 7) is 7.72. The van der Waals surface area contributed by atoms with E-state index >= 15 is 0 Å². The van der Waals surface area contributed by atoms with Gasteiger partial charge in [0.05, 0.1) is 0 Å². The predicted octanol–water partition coefficient (Wildman–Crippen LogP) is 2.75. The molecule has 0 saturated heterocycles. The van der Waals surface area contributed by atoms with E-state index in [0.29, 0.717) is 17.9 Å². The summed E-state index contributed by atoms with van der Waals surface area (Å²) in [5.74, 6) is 0.260. The molecule has 0 atom stereocenters. The summed E-state index contributed by atoms with van der Waals surface area (Å²) in [5, 5.41) is 0. The Morgan fingerprint density at radius 2 is 1.14 bits per heavy atom. The summed E-state index contributed by atoms with van der Waals surface area (Å²) >= 11 is 0. The van der Waals surface area contributed by atoms with Crippen LogP contribution in [0.3, 0.4) is 0 Å². The number of carbonyl (C=O) groups excluding carboxylic acids is 2. The van der Waals surface area contributed by atoms with Gasteiger partial charge < -0.3 is 20.9 Å². The number of rotatable bonds is 10. The maximum atomic E-state index is 11.2. The van der Waals surface area contributed by atoms with Crippen molar-refractivity contribution in [2.75, 3.05) is 13.2 Å². The van der Waals surface area contributed by atoms with Crippen molar-refractivity contribution in [1.82, 2.24) is 0 Å². The van der Waals surface area contributed by atoms with Crippen molar-refractivity contribution < 1.29 is 19.1 Å². The van der Waals surface area contributed by atoms with E-state index in [1.165, 1.54) is 11.1 Å². The van der Waals surface area contributed by atoms with Crippen LogP contribution in [-0.4, -0.2) is 25.0 Å². The minimum Gasteiger partial charge on any atom is -0.483 e. The fourth-order valence-corrected chi connectivity index (χ4v) is 3.43. The Hall–Kier alpha value is -3.02. The second-order valence-electron chi connectivity index (χ2n) is 7.20. The van der Waals surface area contributed by atoms with Crippen LogP contribution in [0.4, 0.5) is 0 Å². The van der Waals surface area contributed by atoms with Crippen LogP contribution in [0.5, 0.6) is 11.5 Å². The summed E-state index contributed by atoms with van der Waals surface area (Å²) in [5.41, 5.74) is 16.7. The lowest BCUT2D eigenvalue weighted by Crippen LogP contribution is -2.21. The second kappa shape index (κ2) is 9.96. The van der Waals surface area contributed by atoms with Gasteiger partial charge in [0.2, 0.25) is 0 Å². The van der Waals surface area contributed by atoms with E-state index < -0.39 is 11.8 Å². The molecule has 0 heterocycles. The predicted molar refractivity (Wildman–Crippen MR) is 113 cm³/mol. The summed E-state index contributed by atoms with van der Waals surface area (Å²) in [7, 11) is 0. The van der Waals surface area contributed by atoms with Gasteiger partial charge in [0.15, 0.2) is 13.2 Å². The minimum atomic E-state index is -0.524. The van der Waals surface area contributed by atoms with Crippen LogP contribution in [0.15, 0.2) is 24.3 Å². The molecule has 6 heteroatoms. The fraction of sp³-hybridized carbons (Fsp3) is 0.391. The number of benzene rings is 2. The van der Waals surface area contributed by atoms with Crippen LogP contribution in [0.2, 0.25) is 0 Å². The molecule has 29 heavy (non-hydrogen) atoms. The largest absolute Gasteiger partial charge is 0.483 e. The van der Waals surface area contributed by atoms with Gasteiger partial charge in [-0.2, -0.15) is 0 Å². The highest BCUT2D eigenvalue weighted by molar-refractivity contribution is 5.76. The number of ether oxygens (including phenoxy) is 2. The van der Waals surface area contributed by atoms with Gasteiger partial charge in [-0.1, -0.05) is 38.1 Å². The van der Waals surface area contributed by atoms with Crippen molar-refractivity contribution in [1.29, 1.82) is 0 Å². The molecule has 156 valence electrons. The Morgan fingerprint density at radius 1 is 0.759 bits per heavy atom. The molecule has 0 spiro atoms. The number of primary amides is 2. The van der Waals surface area contributed by atoms with Crippen molar-refractivity contribution in [3.8, 4) is 11.5 Å². The van der Waals surface area contributed by atoms with E-state index in [-0.39, 0.29) is 13.2 Å². The normalized spacial score (nSPS) is 10.6. The van der Waals surface area contributed by atoms with Crippen LogP contribution < -0.4 is 20.9 Å². The van der Waals surface area contributed by atoms with E-state index in [0.717, 1.165) is 35.1 Å². The lowest BCUT2D eigenvalue weighted by atomic mass is 9.94.